The third-order valence-corrected chi connectivity index (χ3v) is 2.82. The van der Waals surface area contributed by atoms with Crippen molar-refractivity contribution in [3.05, 3.63) is 0 Å². The van der Waals surface area contributed by atoms with E-state index in [1.54, 1.807) is 0 Å². The first-order chi connectivity index (χ1) is 9.33. The minimum absolute atomic E-state index is 0. The summed E-state index contributed by atoms with van der Waals surface area (Å²) in [5, 5.41) is 15.8. The van der Waals surface area contributed by atoms with Crippen LogP contribution in [0.15, 0.2) is 0 Å². The normalized spacial score (nSPS) is 12.3. The summed E-state index contributed by atoms with van der Waals surface area (Å²) in [4.78, 5) is 19.3. The van der Waals surface area contributed by atoms with Crippen molar-refractivity contribution in [2.24, 2.45) is 5.92 Å². The molecule has 7 nitrogen and oxygen atoms in total. The second kappa shape index (κ2) is 18.1. The molecular formula is C12H23NaO7S. The molecule has 0 aliphatic carbocycles. The molecule has 0 aromatic heterocycles. The van der Waals surface area contributed by atoms with Crippen LogP contribution in [0.2, 0.25) is 0 Å². The topological polar surface area (TPSA) is 124 Å². The Morgan fingerprint density at radius 3 is 1.95 bits per heavy atom. The van der Waals surface area contributed by atoms with Crippen LogP contribution in [-0.4, -0.2) is 37.5 Å². The molecule has 2 atom stereocenters. The average Bonchev–Trinajstić information content (AvgIpc) is 2.37. The number of carboxylic acid groups (broad SMARTS) is 2. The van der Waals surface area contributed by atoms with Crippen LogP contribution in [0.1, 0.15) is 52.4 Å². The van der Waals surface area contributed by atoms with E-state index in [-0.39, 0.29) is 42.4 Å². The minimum atomic E-state index is -2.34. The summed E-state index contributed by atoms with van der Waals surface area (Å²) >= 11 is -2.34. The Morgan fingerprint density at radius 1 is 1.19 bits per heavy atom. The molecule has 120 valence electrons. The number of hydrogen-bond donors (Lipinski definition) is 2. The predicted molar refractivity (Wildman–Crippen MR) is 72.7 cm³/mol. The number of carbonyl (C=O) groups is 2. The Hall–Kier alpha value is 0.0100. The van der Waals surface area contributed by atoms with E-state index in [1.165, 1.54) is 0 Å². The molecule has 9 heteroatoms. The fourth-order valence-electron chi connectivity index (χ4n) is 1.26. The van der Waals surface area contributed by atoms with E-state index in [2.05, 4.69) is 18.0 Å². The summed E-state index contributed by atoms with van der Waals surface area (Å²) in [5.74, 6) is -1.76. The van der Waals surface area contributed by atoms with Crippen LogP contribution in [-0.2, 0) is 25.1 Å². The summed E-state index contributed by atoms with van der Waals surface area (Å²) in [5.41, 5.74) is 0. The van der Waals surface area contributed by atoms with E-state index in [0.717, 1.165) is 25.7 Å². The first-order valence-corrected chi connectivity index (χ1v) is 7.49. The van der Waals surface area contributed by atoms with Gasteiger partial charge in [0.15, 0.2) is 0 Å². The Morgan fingerprint density at radius 2 is 1.67 bits per heavy atom. The van der Waals surface area contributed by atoms with Crippen LogP contribution in [0.5, 0.6) is 0 Å². The number of hydrogen-bond acceptors (Lipinski definition) is 5. The van der Waals surface area contributed by atoms with Crippen LogP contribution in [0.4, 0.5) is 0 Å². The van der Waals surface area contributed by atoms with Crippen molar-refractivity contribution in [2.75, 3.05) is 6.61 Å². The molecule has 0 amide bonds. The van der Waals surface area contributed by atoms with Gasteiger partial charge >= 0.3 is 41.5 Å². The molecule has 0 aromatic carbocycles. The zero-order valence-electron chi connectivity index (χ0n) is 12.9. The molecule has 0 aliphatic heterocycles. The van der Waals surface area contributed by atoms with E-state index in [0.29, 0.717) is 12.5 Å². The summed E-state index contributed by atoms with van der Waals surface area (Å²) < 4.78 is 24.7. The smallest absolute Gasteiger partial charge is 0.750 e. The minimum Gasteiger partial charge on any atom is -0.750 e. The molecule has 0 fully saturated rings. The fourth-order valence-corrected chi connectivity index (χ4v) is 1.57. The van der Waals surface area contributed by atoms with Gasteiger partial charge in [-0.25, -0.2) is 4.21 Å². The predicted octanol–water partition coefficient (Wildman–Crippen LogP) is -1.05. The van der Waals surface area contributed by atoms with Gasteiger partial charge in [-0.15, -0.1) is 0 Å². The molecular weight excluding hydrogens is 311 g/mol. The largest absolute Gasteiger partial charge is 1.00 e. The Kier molecular flexibility index (Phi) is 22.3. The van der Waals surface area contributed by atoms with E-state index in [9.17, 15) is 18.4 Å². The third-order valence-electron chi connectivity index (χ3n) is 2.50. The number of aliphatic carboxylic acids is 2. The molecule has 0 rings (SSSR count). The zero-order chi connectivity index (χ0) is 16.0. The van der Waals surface area contributed by atoms with Crippen molar-refractivity contribution in [1.82, 2.24) is 0 Å². The van der Waals surface area contributed by atoms with Crippen molar-refractivity contribution in [3.8, 4) is 0 Å². The van der Waals surface area contributed by atoms with E-state index in [1.807, 2.05) is 0 Å². The molecule has 0 heterocycles. The fraction of sp³-hybridized carbons (Fsp3) is 0.833. The average molecular weight is 334 g/mol. The number of rotatable bonds is 10. The molecule has 2 N–H and O–H groups in total. The van der Waals surface area contributed by atoms with Gasteiger partial charge in [0.05, 0.1) is 30.8 Å². The SMILES string of the molecule is CCCCC(CC)COS(=O)[O-].O=C(O)CCC(=O)O.[Na+]. The number of carboxylic acids is 2. The maximum atomic E-state index is 10.1. The van der Waals surface area contributed by atoms with Crippen LogP contribution in [0.3, 0.4) is 0 Å². The maximum Gasteiger partial charge on any atom is 1.00 e. The van der Waals surface area contributed by atoms with Gasteiger partial charge < -0.3 is 18.9 Å². The van der Waals surface area contributed by atoms with Crippen molar-refractivity contribution in [1.29, 1.82) is 0 Å². The van der Waals surface area contributed by atoms with Crippen molar-refractivity contribution >= 4 is 23.3 Å². The second-order valence-corrected chi connectivity index (χ2v) is 4.84. The third kappa shape index (κ3) is 25.3. The van der Waals surface area contributed by atoms with Crippen molar-refractivity contribution < 1.29 is 62.3 Å². The molecule has 0 radical (unpaired) electrons. The molecule has 0 saturated heterocycles. The van der Waals surface area contributed by atoms with Crippen LogP contribution >= 0.6 is 0 Å². The van der Waals surface area contributed by atoms with Gasteiger partial charge in [0.1, 0.15) is 0 Å². The van der Waals surface area contributed by atoms with Gasteiger partial charge in [0.2, 0.25) is 0 Å². The van der Waals surface area contributed by atoms with E-state index >= 15 is 0 Å². The van der Waals surface area contributed by atoms with E-state index in [4.69, 9.17) is 10.2 Å². The monoisotopic (exact) mass is 334 g/mol. The molecule has 2 unspecified atom stereocenters. The van der Waals surface area contributed by atoms with E-state index < -0.39 is 23.3 Å². The van der Waals surface area contributed by atoms with Gasteiger partial charge in [0, 0.05) is 0 Å². The molecule has 21 heavy (non-hydrogen) atoms. The van der Waals surface area contributed by atoms with Gasteiger partial charge in [-0.3, -0.25) is 9.59 Å². The summed E-state index contributed by atoms with van der Waals surface area (Å²) in [6.07, 6.45) is 3.75. The molecule has 0 aliphatic rings. The second-order valence-electron chi connectivity index (χ2n) is 4.19. The molecule has 0 spiro atoms. The Labute approximate surface area is 150 Å². The first kappa shape index (κ1) is 25.9. The van der Waals surface area contributed by atoms with Gasteiger partial charge in [-0.2, -0.15) is 0 Å². The van der Waals surface area contributed by atoms with Crippen LogP contribution in [0, 0.1) is 5.92 Å². The van der Waals surface area contributed by atoms with Gasteiger partial charge in [-0.1, -0.05) is 33.1 Å². The van der Waals surface area contributed by atoms with Gasteiger partial charge in [-0.05, 0) is 12.3 Å². The number of unbranched alkanes of at least 4 members (excludes halogenated alkanes) is 1. The Bertz CT molecular complexity index is 285. The van der Waals surface area contributed by atoms with Crippen LogP contribution in [0.25, 0.3) is 0 Å². The first-order valence-electron chi connectivity index (χ1n) is 6.49. The standard InChI is InChI=1S/C8H18O3S.C4H6O4.Na/c1-3-5-6-8(4-2)7-11-12(9)10;5-3(6)1-2-4(7)8;/h8H,3-7H2,1-2H3,(H,9,10);1-2H2,(H,5,6)(H,7,8);/q;;+1/p-1. The molecule has 0 aromatic rings. The summed E-state index contributed by atoms with van der Waals surface area (Å²) in [7, 11) is 0. The molecule has 0 bridgehead atoms. The maximum absolute atomic E-state index is 10.1. The zero-order valence-corrected chi connectivity index (χ0v) is 15.7. The van der Waals surface area contributed by atoms with Crippen molar-refractivity contribution in [3.63, 3.8) is 0 Å². The summed E-state index contributed by atoms with van der Waals surface area (Å²) in [6.45, 7) is 4.52. The van der Waals surface area contributed by atoms with Crippen molar-refractivity contribution in [2.45, 2.75) is 52.4 Å². The molecule has 0 saturated carbocycles. The van der Waals surface area contributed by atoms with Gasteiger partial charge in [0.25, 0.3) is 0 Å². The quantitative estimate of drug-likeness (QED) is 0.386. The summed E-state index contributed by atoms with van der Waals surface area (Å²) in [6, 6.07) is 0. The van der Waals surface area contributed by atoms with Crippen LogP contribution < -0.4 is 29.6 Å². The Balaban J connectivity index is -0.000000317.